The summed E-state index contributed by atoms with van der Waals surface area (Å²) >= 11 is 0. The van der Waals surface area contributed by atoms with E-state index >= 15 is 0 Å². The van der Waals surface area contributed by atoms with Gasteiger partial charge in [0, 0.05) is 5.69 Å². The molecule has 116 valence electrons. The van der Waals surface area contributed by atoms with Gasteiger partial charge in [-0.05, 0) is 49.2 Å². The minimum atomic E-state index is -0.164. The molecular formula is C19H19N3O. The first kappa shape index (κ1) is 15.0. The molecule has 0 saturated heterocycles. The monoisotopic (exact) mass is 305 g/mol. The topological polar surface area (TPSA) is 46.9 Å². The Morgan fingerprint density at radius 1 is 1.09 bits per heavy atom. The van der Waals surface area contributed by atoms with E-state index in [-0.39, 0.29) is 5.91 Å². The molecule has 0 atom stereocenters. The van der Waals surface area contributed by atoms with E-state index < -0.39 is 0 Å². The van der Waals surface area contributed by atoms with Crippen molar-refractivity contribution in [1.82, 2.24) is 9.78 Å². The fourth-order valence-corrected chi connectivity index (χ4v) is 2.49. The smallest absolute Gasteiger partial charge is 0.274 e. The molecule has 4 heteroatoms. The Kier molecular flexibility index (Phi) is 4.24. The lowest BCUT2D eigenvalue weighted by Gasteiger charge is -2.09. The summed E-state index contributed by atoms with van der Waals surface area (Å²) in [5, 5.41) is 7.39. The van der Waals surface area contributed by atoms with Crippen LogP contribution in [0.1, 0.15) is 28.7 Å². The average molecular weight is 305 g/mol. The average Bonchev–Trinajstić information content (AvgIpc) is 2.98. The van der Waals surface area contributed by atoms with Crippen LogP contribution in [0.5, 0.6) is 0 Å². The summed E-state index contributed by atoms with van der Waals surface area (Å²) in [5.41, 5.74) is 4.19. The molecule has 0 aliphatic heterocycles. The first-order valence-electron chi connectivity index (χ1n) is 7.70. The first-order chi connectivity index (χ1) is 11.2. The molecule has 0 fully saturated rings. The van der Waals surface area contributed by atoms with Gasteiger partial charge in [0.25, 0.3) is 5.91 Å². The zero-order valence-electron chi connectivity index (χ0n) is 13.3. The second kappa shape index (κ2) is 6.48. The van der Waals surface area contributed by atoms with Gasteiger partial charge in [0.15, 0.2) is 0 Å². The van der Waals surface area contributed by atoms with E-state index in [0.717, 1.165) is 23.5 Å². The molecule has 0 aliphatic carbocycles. The van der Waals surface area contributed by atoms with Gasteiger partial charge in [-0.2, -0.15) is 5.10 Å². The Hall–Kier alpha value is -2.88. The minimum Gasteiger partial charge on any atom is -0.321 e. The lowest BCUT2D eigenvalue weighted by Crippen LogP contribution is -2.17. The van der Waals surface area contributed by atoms with Crippen LogP contribution in [0.25, 0.3) is 5.69 Å². The summed E-state index contributed by atoms with van der Waals surface area (Å²) in [6, 6.07) is 19.4. The highest BCUT2D eigenvalue weighted by atomic mass is 16.2. The number of aryl methyl sites for hydroxylation is 2. The highest BCUT2D eigenvalue weighted by molar-refractivity contribution is 6.03. The second-order valence-electron chi connectivity index (χ2n) is 5.43. The van der Waals surface area contributed by atoms with Crippen molar-refractivity contribution >= 4 is 11.6 Å². The zero-order valence-corrected chi connectivity index (χ0v) is 13.3. The summed E-state index contributed by atoms with van der Waals surface area (Å²) < 4.78 is 1.67. The van der Waals surface area contributed by atoms with Crippen LogP contribution in [0.15, 0.2) is 60.7 Å². The van der Waals surface area contributed by atoms with Gasteiger partial charge in [0.2, 0.25) is 0 Å². The number of aromatic nitrogens is 2. The van der Waals surface area contributed by atoms with E-state index in [4.69, 9.17) is 0 Å². The van der Waals surface area contributed by atoms with E-state index in [1.807, 2.05) is 61.5 Å². The van der Waals surface area contributed by atoms with E-state index in [1.54, 1.807) is 10.7 Å². The largest absolute Gasteiger partial charge is 0.321 e. The summed E-state index contributed by atoms with van der Waals surface area (Å²) in [6.07, 6.45) is 0.935. The van der Waals surface area contributed by atoms with Gasteiger partial charge in [-0.15, -0.1) is 0 Å². The molecule has 3 aromatic rings. The van der Waals surface area contributed by atoms with E-state index in [2.05, 4.69) is 17.3 Å². The summed E-state index contributed by atoms with van der Waals surface area (Å²) in [7, 11) is 0. The normalized spacial score (nSPS) is 10.5. The Morgan fingerprint density at radius 2 is 1.87 bits per heavy atom. The molecule has 0 saturated carbocycles. The number of benzene rings is 2. The maximum absolute atomic E-state index is 12.6. The number of para-hydroxylation sites is 1. The van der Waals surface area contributed by atoms with E-state index in [9.17, 15) is 4.79 Å². The van der Waals surface area contributed by atoms with Crippen molar-refractivity contribution < 1.29 is 4.79 Å². The van der Waals surface area contributed by atoms with E-state index in [1.165, 1.54) is 5.56 Å². The van der Waals surface area contributed by atoms with E-state index in [0.29, 0.717) is 5.69 Å². The molecule has 1 amide bonds. The molecule has 1 aromatic heterocycles. The third-order valence-electron chi connectivity index (χ3n) is 3.66. The number of nitrogens with zero attached hydrogens (tertiary/aromatic N) is 2. The zero-order chi connectivity index (χ0) is 16.2. The van der Waals surface area contributed by atoms with Crippen molar-refractivity contribution in [2.45, 2.75) is 20.3 Å². The highest BCUT2D eigenvalue weighted by Gasteiger charge is 2.15. The van der Waals surface area contributed by atoms with Crippen LogP contribution >= 0.6 is 0 Å². The van der Waals surface area contributed by atoms with Crippen molar-refractivity contribution in [1.29, 1.82) is 0 Å². The number of hydrogen-bond acceptors (Lipinski definition) is 2. The molecule has 0 spiro atoms. The minimum absolute atomic E-state index is 0.164. The quantitative estimate of drug-likeness (QED) is 0.792. The van der Waals surface area contributed by atoms with Crippen molar-refractivity contribution in [3.05, 3.63) is 77.6 Å². The molecule has 4 nitrogen and oxygen atoms in total. The predicted molar refractivity (Wildman–Crippen MR) is 92.1 cm³/mol. The molecule has 23 heavy (non-hydrogen) atoms. The number of carbonyl (C=O) groups excluding carboxylic acids is 1. The molecule has 1 N–H and O–H groups in total. The fraction of sp³-hybridized carbons (Fsp3) is 0.158. The Balaban J connectivity index is 1.91. The summed E-state index contributed by atoms with van der Waals surface area (Å²) in [5.74, 6) is -0.164. The number of anilines is 1. The lowest BCUT2D eigenvalue weighted by atomic mass is 10.1. The van der Waals surface area contributed by atoms with Crippen LogP contribution in [0.2, 0.25) is 0 Å². The number of hydrogen-bond donors (Lipinski definition) is 1. The van der Waals surface area contributed by atoms with Gasteiger partial charge < -0.3 is 5.32 Å². The van der Waals surface area contributed by atoms with Crippen molar-refractivity contribution in [3.8, 4) is 5.69 Å². The Labute approximate surface area is 135 Å². The second-order valence-corrected chi connectivity index (χ2v) is 5.43. The Bertz CT molecular complexity index is 822. The van der Waals surface area contributed by atoms with Crippen molar-refractivity contribution in [2.24, 2.45) is 0 Å². The van der Waals surface area contributed by atoms with Gasteiger partial charge in [0.1, 0.15) is 5.69 Å². The third-order valence-corrected chi connectivity index (χ3v) is 3.66. The van der Waals surface area contributed by atoms with Crippen LogP contribution in [0, 0.1) is 6.92 Å². The van der Waals surface area contributed by atoms with Crippen molar-refractivity contribution in [2.75, 3.05) is 5.32 Å². The Morgan fingerprint density at radius 3 is 2.61 bits per heavy atom. The fourth-order valence-electron chi connectivity index (χ4n) is 2.49. The predicted octanol–water partition coefficient (Wildman–Crippen LogP) is 4.00. The number of nitrogens with one attached hydrogen (secondary N) is 1. The van der Waals surface area contributed by atoms with Crippen LogP contribution in [0.4, 0.5) is 5.69 Å². The molecule has 3 rings (SSSR count). The van der Waals surface area contributed by atoms with Crippen molar-refractivity contribution in [3.63, 3.8) is 0 Å². The SMILES string of the molecule is CCc1cccc(NC(=O)c2cc(C)nn2-c2ccccc2)c1. The molecule has 0 unspecified atom stereocenters. The van der Waals surface area contributed by atoms with Gasteiger partial charge in [-0.3, -0.25) is 4.79 Å². The van der Waals surface area contributed by atoms with Gasteiger partial charge >= 0.3 is 0 Å². The van der Waals surface area contributed by atoms with Crippen LogP contribution in [0.3, 0.4) is 0 Å². The number of rotatable bonds is 4. The molecular weight excluding hydrogens is 286 g/mol. The molecule has 2 aromatic carbocycles. The number of carbonyl (C=O) groups is 1. The number of amides is 1. The molecule has 0 bridgehead atoms. The third kappa shape index (κ3) is 3.31. The summed E-state index contributed by atoms with van der Waals surface area (Å²) in [6.45, 7) is 3.97. The van der Waals surface area contributed by atoms with Gasteiger partial charge in [-0.25, -0.2) is 4.68 Å². The highest BCUT2D eigenvalue weighted by Crippen LogP contribution is 2.16. The maximum atomic E-state index is 12.6. The summed E-state index contributed by atoms with van der Waals surface area (Å²) in [4.78, 5) is 12.6. The first-order valence-corrected chi connectivity index (χ1v) is 7.70. The molecule has 0 radical (unpaired) electrons. The van der Waals surface area contributed by atoms with Crippen LogP contribution < -0.4 is 5.32 Å². The standard InChI is InChI=1S/C19H19N3O/c1-3-15-8-7-9-16(13-15)20-19(23)18-12-14(2)21-22(18)17-10-5-4-6-11-17/h4-13H,3H2,1-2H3,(H,20,23). The maximum Gasteiger partial charge on any atom is 0.274 e. The lowest BCUT2D eigenvalue weighted by molar-refractivity contribution is 0.101. The molecule has 1 heterocycles. The van der Waals surface area contributed by atoms with Gasteiger partial charge in [0.05, 0.1) is 11.4 Å². The van der Waals surface area contributed by atoms with Crippen LogP contribution in [-0.2, 0) is 6.42 Å². The van der Waals surface area contributed by atoms with Crippen LogP contribution in [-0.4, -0.2) is 15.7 Å². The van der Waals surface area contributed by atoms with Gasteiger partial charge in [-0.1, -0.05) is 37.3 Å². The molecule has 0 aliphatic rings.